The van der Waals surface area contributed by atoms with Crippen molar-refractivity contribution in [2.24, 2.45) is 0 Å². The monoisotopic (exact) mass is 267 g/mol. The lowest BCUT2D eigenvalue weighted by Gasteiger charge is -2.25. The molecule has 2 aromatic rings. The summed E-state index contributed by atoms with van der Waals surface area (Å²) >= 11 is 5.91. The summed E-state index contributed by atoms with van der Waals surface area (Å²) in [7, 11) is 0. The largest absolute Gasteiger partial charge is 0.458 e. The van der Waals surface area contributed by atoms with Gasteiger partial charge in [0.2, 0.25) is 0 Å². The second-order valence-corrected chi connectivity index (χ2v) is 5.23. The van der Waals surface area contributed by atoms with E-state index in [-0.39, 0.29) is 6.04 Å². The minimum Gasteiger partial charge on any atom is -0.458 e. The topological polar surface area (TPSA) is 25.2 Å². The van der Waals surface area contributed by atoms with Crippen LogP contribution < -0.4 is 5.32 Å². The first-order valence-electron chi connectivity index (χ1n) is 6.30. The van der Waals surface area contributed by atoms with E-state index >= 15 is 0 Å². The summed E-state index contributed by atoms with van der Waals surface area (Å²) in [5.41, 5.74) is 0.688. The molecule has 3 rings (SSSR count). The Morgan fingerprint density at radius 1 is 1.33 bits per heavy atom. The van der Waals surface area contributed by atoms with Crippen molar-refractivity contribution < 1.29 is 8.81 Å². The van der Waals surface area contributed by atoms with Crippen molar-refractivity contribution in [3.8, 4) is 0 Å². The Morgan fingerprint density at radius 2 is 2.22 bits per heavy atom. The first kappa shape index (κ1) is 12.0. The summed E-state index contributed by atoms with van der Waals surface area (Å²) in [6.07, 6.45) is 1.97. The van der Waals surface area contributed by atoms with E-state index in [4.69, 9.17) is 16.0 Å². The van der Waals surface area contributed by atoms with Gasteiger partial charge in [0.05, 0.1) is 0 Å². The van der Waals surface area contributed by atoms with Crippen molar-refractivity contribution in [3.05, 3.63) is 35.0 Å². The van der Waals surface area contributed by atoms with Gasteiger partial charge in [0.25, 0.3) is 0 Å². The fraction of sp³-hybridized carbons (Fsp3) is 0.429. The zero-order valence-electron chi connectivity index (χ0n) is 9.96. The second kappa shape index (κ2) is 4.90. The highest BCUT2D eigenvalue weighted by Crippen LogP contribution is 2.32. The molecule has 2 atom stereocenters. The number of rotatable bonds is 2. The molecule has 18 heavy (non-hydrogen) atoms. The fourth-order valence-electron chi connectivity index (χ4n) is 2.50. The summed E-state index contributed by atoms with van der Waals surface area (Å²) in [5, 5.41) is 4.71. The maximum atomic E-state index is 14.4. The lowest BCUT2D eigenvalue weighted by atomic mass is 9.99. The van der Waals surface area contributed by atoms with Crippen LogP contribution in [0.1, 0.15) is 31.2 Å². The van der Waals surface area contributed by atoms with Gasteiger partial charge >= 0.3 is 0 Å². The summed E-state index contributed by atoms with van der Waals surface area (Å²) in [5.74, 6) is 0.395. The van der Waals surface area contributed by atoms with Crippen LogP contribution >= 0.6 is 11.6 Å². The number of nitrogens with one attached hydrogen (secondary N) is 1. The summed E-state index contributed by atoms with van der Waals surface area (Å²) in [4.78, 5) is 0. The molecule has 0 bridgehead atoms. The first-order chi connectivity index (χ1) is 8.74. The Labute approximate surface area is 110 Å². The zero-order valence-corrected chi connectivity index (χ0v) is 10.7. The molecule has 1 aromatic carbocycles. The number of hydrogen-bond donors (Lipinski definition) is 1. The van der Waals surface area contributed by atoms with Crippen LogP contribution in [0.2, 0.25) is 5.02 Å². The molecule has 0 amide bonds. The molecule has 1 fully saturated rings. The maximum absolute atomic E-state index is 14.4. The first-order valence-corrected chi connectivity index (χ1v) is 6.68. The van der Waals surface area contributed by atoms with E-state index in [2.05, 4.69) is 5.32 Å². The molecule has 96 valence electrons. The molecular formula is C14H15ClFNO. The van der Waals surface area contributed by atoms with Crippen LogP contribution in [0.3, 0.4) is 0 Å². The summed E-state index contributed by atoms with van der Waals surface area (Å²) in [6.45, 7) is 0.886. The second-order valence-electron chi connectivity index (χ2n) is 4.79. The molecule has 1 saturated heterocycles. The molecule has 1 aliphatic heterocycles. The zero-order chi connectivity index (χ0) is 12.5. The SMILES string of the molecule is FC(c1cc2cc(Cl)ccc2o1)C1CCCCN1. The van der Waals surface area contributed by atoms with Crippen LogP contribution in [0.5, 0.6) is 0 Å². The van der Waals surface area contributed by atoms with Crippen molar-refractivity contribution in [2.45, 2.75) is 31.5 Å². The fourth-order valence-corrected chi connectivity index (χ4v) is 2.68. The normalized spacial score (nSPS) is 22.2. The Hall–Kier alpha value is -1.06. The highest BCUT2D eigenvalue weighted by molar-refractivity contribution is 6.31. The average molecular weight is 268 g/mol. The van der Waals surface area contributed by atoms with Crippen molar-refractivity contribution >= 4 is 22.6 Å². The van der Waals surface area contributed by atoms with Crippen molar-refractivity contribution in [1.29, 1.82) is 0 Å². The molecule has 1 N–H and O–H groups in total. The number of piperidine rings is 1. The van der Waals surface area contributed by atoms with Crippen molar-refractivity contribution in [2.75, 3.05) is 6.54 Å². The van der Waals surface area contributed by atoms with Gasteiger partial charge in [-0.05, 0) is 43.7 Å². The highest BCUT2D eigenvalue weighted by Gasteiger charge is 2.27. The van der Waals surface area contributed by atoms with E-state index in [1.165, 1.54) is 0 Å². The van der Waals surface area contributed by atoms with E-state index in [0.717, 1.165) is 31.2 Å². The van der Waals surface area contributed by atoms with Gasteiger partial charge in [0, 0.05) is 16.5 Å². The molecule has 1 aliphatic rings. The minimum atomic E-state index is -1.09. The van der Waals surface area contributed by atoms with E-state index in [0.29, 0.717) is 16.4 Å². The Bertz CT molecular complexity index is 548. The molecular weight excluding hydrogens is 253 g/mol. The molecule has 0 radical (unpaired) electrons. The number of alkyl halides is 1. The van der Waals surface area contributed by atoms with Gasteiger partial charge in [0.15, 0.2) is 6.17 Å². The van der Waals surface area contributed by atoms with Crippen LogP contribution in [0.4, 0.5) is 4.39 Å². The number of halogens is 2. The van der Waals surface area contributed by atoms with E-state index in [1.54, 1.807) is 24.3 Å². The van der Waals surface area contributed by atoms with Crippen LogP contribution in [-0.4, -0.2) is 12.6 Å². The van der Waals surface area contributed by atoms with Crippen LogP contribution in [0.15, 0.2) is 28.7 Å². The molecule has 0 saturated carbocycles. The molecule has 0 aliphatic carbocycles. The van der Waals surface area contributed by atoms with E-state index in [9.17, 15) is 4.39 Å². The van der Waals surface area contributed by atoms with Gasteiger partial charge in [-0.1, -0.05) is 18.0 Å². The lowest BCUT2D eigenvalue weighted by molar-refractivity contribution is 0.195. The summed E-state index contributed by atoms with van der Waals surface area (Å²) < 4.78 is 19.9. The smallest absolute Gasteiger partial charge is 0.173 e. The molecule has 2 unspecified atom stereocenters. The van der Waals surface area contributed by atoms with Crippen LogP contribution in [0, 0.1) is 0 Å². The van der Waals surface area contributed by atoms with Crippen LogP contribution in [-0.2, 0) is 0 Å². The third kappa shape index (κ3) is 2.25. The van der Waals surface area contributed by atoms with Gasteiger partial charge < -0.3 is 9.73 Å². The third-order valence-electron chi connectivity index (χ3n) is 3.47. The van der Waals surface area contributed by atoms with Gasteiger partial charge in [-0.2, -0.15) is 0 Å². The van der Waals surface area contributed by atoms with E-state index in [1.807, 2.05) is 0 Å². The Kier molecular flexibility index (Phi) is 3.27. The highest BCUT2D eigenvalue weighted by atomic mass is 35.5. The van der Waals surface area contributed by atoms with Gasteiger partial charge in [0.1, 0.15) is 11.3 Å². The minimum absolute atomic E-state index is 0.130. The molecule has 2 nitrogen and oxygen atoms in total. The Morgan fingerprint density at radius 3 is 3.00 bits per heavy atom. The van der Waals surface area contributed by atoms with E-state index < -0.39 is 6.17 Å². The number of hydrogen-bond acceptors (Lipinski definition) is 2. The van der Waals surface area contributed by atoms with Crippen molar-refractivity contribution in [1.82, 2.24) is 5.32 Å². The summed E-state index contributed by atoms with van der Waals surface area (Å²) in [6, 6.07) is 6.95. The maximum Gasteiger partial charge on any atom is 0.173 e. The predicted molar refractivity (Wildman–Crippen MR) is 70.7 cm³/mol. The van der Waals surface area contributed by atoms with Gasteiger partial charge in [-0.3, -0.25) is 0 Å². The predicted octanol–water partition coefficient (Wildman–Crippen LogP) is 4.24. The van der Waals surface area contributed by atoms with Crippen LogP contribution in [0.25, 0.3) is 11.0 Å². The Balaban J connectivity index is 1.88. The van der Waals surface area contributed by atoms with Crippen molar-refractivity contribution in [3.63, 3.8) is 0 Å². The standard InChI is InChI=1S/C14H15ClFNO/c15-10-4-5-12-9(7-10)8-13(18-12)14(16)11-3-1-2-6-17-11/h4-5,7-8,11,14,17H,1-3,6H2. The van der Waals surface area contributed by atoms with Gasteiger partial charge in [-0.15, -0.1) is 0 Å². The quantitative estimate of drug-likeness (QED) is 0.880. The molecule has 0 spiro atoms. The number of furan rings is 1. The number of benzene rings is 1. The molecule has 4 heteroatoms. The molecule has 1 aromatic heterocycles. The van der Waals surface area contributed by atoms with Gasteiger partial charge in [-0.25, -0.2) is 4.39 Å². The molecule has 2 heterocycles. The number of fused-ring (bicyclic) bond motifs is 1. The lowest BCUT2D eigenvalue weighted by Crippen LogP contribution is -2.37. The average Bonchev–Trinajstić information content (AvgIpc) is 2.81. The third-order valence-corrected chi connectivity index (χ3v) is 3.71.